The van der Waals surface area contributed by atoms with Crippen LogP contribution in [0.25, 0.3) is 10.9 Å². The van der Waals surface area contributed by atoms with Crippen molar-refractivity contribution >= 4 is 22.6 Å². The maximum Gasteiger partial charge on any atom is 0.341 e. The summed E-state index contributed by atoms with van der Waals surface area (Å²) >= 11 is 0. The summed E-state index contributed by atoms with van der Waals surface area (Å²) in [6.45, 7) is 1.79. The quantitative estimate of drug-likeness (QED) is 0.853. The molecule has 1 aliphatic heterocycles. The van der Waals surface area contributed by atoms with Gasteiger partial charge >= 0.3 is 5.97 Å². The minimum atomic E-state index is -1.32. The van der Waals surface area contributed by atoms with Crippen molar-refractivity contribution in [2.24, 2.45) is 11.7 Å². The number of nitrogens with two attached hydrogens (primary N) is 1. The topological polar surface area (TPSA) is 88.6 Å². The van der Waals surface area contributed by atoms with E-state index in [9.17, 15) is 23.5 Å². The molecule has 1 aromatic carbocycles. The van der Waals surface area contributed by atoms with Gasteiger partial charge in [-0.2, -0.15) is 0 Å². The van der Waals surface area contributed by atoms with Crippen LogP contribution < -0.4 is 16.1 Å². The van der Waals surface area contributed by atoms with E-state index in [0.29, 0.717) is 29.9 Å². The third-order valence-corrected chi connectivity index (χ3v) is 5.66. The lowest BCUT2D eigenvalue weighted by molar-refractivity contribution is 0.0695. The minimum absolute atomic E-state index is 0.0612. The molecule has 1 aliphatic carbocycles. The van der Waals surface area contributed by atoms with Crippen LogP contribution >= 0.6 is 0 Å². The predicted molar refractivity (Wildman–Crippen MR) is 97.8 cm³/mol. The van der Waals surface area contributed by atoms with E-state index in [0.717, 1.165) is 18.9 Å². The number of aromatic nitrogens is 1. The third kappa shape index (κ3) is 2.79. The number of carbonyl (C=O) groups is 1. The average Bonchev–Trinajstić information content (AvgIpc) is 3.38. The molecule has 0 radical (unpaired) electrons. The summed E-state index contributed by atoms with van der Waals surface area (Å²) < 4.78 is 29.9. The van der Waals surface area contributed by atoms with Gasteiger partial charge in [-0.05, 0) is 31.4 Å². The van der Waals surface area contributed by atoms with Crippen molar-refractivity contribution in [3.8, 4) is 0 Å². The van der Waals surface area contributed by atoms with Crippen LogP contribution in [0, 0.1) is 18.7 Å². The van der Waals surface area contributed by atoms with Crippen LogP contribution in [0.4, 0.5) is 14.5 Å². The molecule has 1 saturated carbocycles. The van der Waals surface area contributed by atoms with E-state index in [1.54, 1.807) is 16.4 Å². The summed E-state index contributed by atoms with van der Waals surface area (Å²) in [5, 5.41) is 9.40. The molecule has 2 heterocycles. The first kappa shape index (κ1) is 17.9. The van der Waals surface area contributed by atoms with Gasteiger partial charge in [0, 0.05) is 42.7 Å². The van der Waals surface area contributed by atoms with Crippen LogP contribution in [0.2, 0.25) is 0 Å². The van der Waals surface area contributed by atoms with Crippen molar-refractivity contribution in [3.63, 3.8) is 0 Å². The Morgan fingerprint density at radius 3 is 2.63 bits per heavy atom. The number of benzene rings is 1. The Morgan fingerprint density at radius 1 is 1.37 bits per heavy atom. The van der Waals surface area contributed by atoms with Gasteiger partial charge in [-0.1, -0.05) is 0 Å². The van der Waals surface area contributed by atoms with Gasteiger partial charge in [-0.15, -0.1) is 0 Å². The Hall–Kier alpha value is -2.48. The summed E-state index contributed by atoms with van der Waals surface area (Å²) in [5.41, 5.74) is 6.33. The monoisotopic (exact) mass is 377 g/mol. The maximum atomic E-state index is 15.0. The Bertz CT molecular complexity index is 1000. The first-order valence-corrected chi connectivity index (χ1v) is 9.01. The fourth-order valence-corrected chi connectivity index (χ4v) is 4.09. The summed E-state index contributed by atoms with van der Waals surface area (Å²) in [7, 11) is 0. The van der Waals surface area contributed by atoms with Gasteiger partial charge < -0.3 is 20.3 Å². The van der Waals surface area contributed by atoms with Crippen LogP contribution in [0.3, 0.4) is 0 Å². The molecule has 8 heteroatoms. The zero-order valence-electron chi connectivity index (χ0n) is 14.9. The number of aryl methyl sites for hydroxylation is 1. The molecular weight excluding hydrogens is 356 g/mol. The number of hydrogen-bond donors (Lipinski definition) is 2. The van der Waals surface area contributed by atoms with Gasteiger partial charge in [0.25, 0.3) is 0 Å². The van der Waals surface area contributed by atoms with E-state index < -0.39 is 23.9 Å². The number of pyridine rings is 1. The Labute approximate surface area is 154 Å². The lowest BCUT2D eigenvalue weighted by atomic mass is 10.0. The van der Waals surface area contributed by atoms with E-state index in [2.05, 4.69) is 0 Å². The van der Waals surface area contributed by atoms with Crippen LogP contribution in [0.1, 0.15) is 34.8 Å². The van der Waals surface area contributed by atoms with Crippen molar-refractivity contribution in [3.05, 3.63) is 39.4 Å². The van der Waals surface area contributed by atoms with Gasteiger partial charge in [-0.25, -0.2) is 9.18 Å². The molecule has 27 heavy (non-hydrogen) atoms. The van der Waals surface area contributed by atoms with E-state index in [1.165, 1.54) is 6.20 Å². The molecule has 4 rings (SSSR count). The Kier molecular flexibility index (Phi) is 4.18. The molecule has 2 aliphatic rings. The van der Waals surface area contributed by atoms with Gasteiger partial charge in [0.05, 0.1) is 17.9 Å². The molecular formula is C19H21F2N3O3. The number of rotatable bonds is 4. The van der Waals surface area contributed by atoms with Crippen molar-refractivity contribution in [2.45, 2.75) is 31.8 Å². The second-order valence-electron chi connectivity index (χ2n) is 7.53. The first-order valence-electron chi connectivity index (χ1n) is 9.01. The van der Waals surface area contributed by atoms with E-state index in [1.807, 2.05) is 0 Å². The molecule has 0 bridgehead atoms. The van der Waals surface area contributed by atoms with E-state index >= 15 is 0 Å². The molecule has 6 nitrogen and oxygen atoms in total. The summed E-state index contributed by atoms with van der Waals surface area (Å²) in [5.74, 6) is -2.30. The number of aromatic carboxylic acids is 1. The molecule has 0 amide bonds. The fourth-order valence-electron chi connectivity index (χ4n) is 4.09. The normalized spacial score (nSPS) is 22.6. The lowest BCUT2D eigenvalue weighted by Gasteiger charge is -2.24. The smallest absolute Gasteiger partial charge is 0.341 e. The number of anilines is 1. The molecule has 3 N–H and O–H groups in total. The zero-order valence-corrected chi connectivity index (χ0v) is 14.9. The number of fused-ring (bicyclic) bond motifs is 1. The van der Waals surface area contributed by atoms with Crippen molar-refractivity contribution in [1.29, 1.82) is 0 Å². The Morgan fingerprint density at radius 2 is 2.07 bits per heavy atom. The van der Waals surface area contributed by atoms with Crippen molar-refractivity contribution in [1.82, 2.24) is 4.57 Å². The minimum Gasteiger partial charge on any atom is -0.477 e. The number of halogens is 2. The number of hydrogen-bond acceptors (Lipinski definition) is 4. The van der Waals surface area contributed by atoms with Gasteiger partial charge in [0.15, 0.2) is 0 Å². The molecule has 2 fully saturated rings. The summed E-state index contributed by atoms with van der Waals surface area (Å²) in [6, 6.07) is 0.826. The van der Waals surface area contributed by atoms with E-state index in [4.69, 9.17) is 5.73 Å². The Balaban J connectivity index is 1.96. The van der Waals surface area contributed by atoms with Crippen LogP contribution in [0.15, 0.2) is 17.1 Å². The maximum absolute atomic E-state index is 15.0. The summed E-state index contributed by atoms with van der Waals surface area (Å²) in [4.78, 5) is 25.8. The van der Waals surface area contributed by atoms with Crippen LogP contribution in [-0.4, -0.2) is 41.4 Å². The molecule has 2 atom stereocenters. The molecule has 2 unspecified atom stereocenters. The molecule has 1 saturated heterocycles. The molecule has 1 aromatic heterocycles. The highest BCUT2D eigenvalue weighted by Crippen LogP contribution is 2.40. The number of nitrogens with zero attached hydrogens (tertiary/aromatic N) is 2. The first-order chi connectivity index (χ1) is 12.8. The molecule has 144 valence electrons. The third-order valence-electron chi connectivity index (χ3n) is 5.66. The van der Waals surface area contributed by atoms with Crippen molar-refractivity contribution in [2.75, 3.05) is 24.7 Å². The zero-order chi connectivity index (χ0) is 19.5. The summed E-state index contributed by atoms with van der Waals surface area (Å²) in [6.07, 6.45) is 3.11. The second kappa shape index (κ2) is 6.30. The van der Waals surface area contributed by atoms with Gasteiger partial charge in [0.2, 0.25) is 5.43 Å². The highest BCUT2D eigenvalue weighted by atomic mass is 19.1. The standard InChI is InChI=1S/C19H21F2N3O3/c1-9-16-12(18(25)13(19(26)27)7-24(16)11-2-3-11)4-14(21)17(9)23-6-10(5-20)15(22)8-23/h4,7,10-11,15H,2-3,5-6,8,22H2,1H3,(H,26,27). The highest BCUT2D eigenvalue weighted by molar-refractivity contribution is 5.95. The SMILES string of the molecule is Cc1c(N2CC(N)C(CF)C2)c(F)cc2c(=O)c(C(=O)O)cn(C3CC3)c12. The average molecular weight is 377 g/mol. The van der Waals surface area contributed by atoms with E-state index in [-0.39, 0.29) is 29.0 Å². The van der Waals surface area contributed by atoms with Gasteiger partial charge in [-0.3, -0.25) is 9.18 Å². The number of carboxylic acid groups (broad SMARTS) is 1. The van der Waals surface area contributed by atoms with Gasteiger partial charge in [0.1, 0.15) is 11.4 Å². The highest BCUT2D eigenvalue weighted by Gasteiger charge is 2.34. The fraction of sp³-hybridized carbons (Fsp3) is 0.474. The lowest BCUT2D eigenvalue weighted by Crippen LogP contribution is -2.30. The number of alkyl halides is 1. The molecule has 2 aromatic rings. The number of carboxylic acids is 1. The van der Waals surface area contributed by atoms with Crippen LogP contribution in [-0.2, 0) is 0 Å². The largest absolute Gasteiger partial charge is 0.477 e. The predicted octanol–water partition coefficient (Wildman–Crippen LogP) is 2.22. The van der Waals surface area contributed by atoms with Crippen molar-refractivity contribution < 1.29 is 18.7 Å². The van der Waals surface area contributed by atoms with Crippen LogP contribution in [0.5, 0.6) is 0 Å². The molecule has 0 spiro atoms. The second-order valence-corrected chi connectivity index (χ2v) is 7.53.